The van der Waals surface area contributed by atoms with E-state index in [2.05, 4.69) is 5.32 Å². The number of rotatable bonds is 3. The number of nitro groups is 1. The number of hydrogen-bond donors (Lipinski definition) is 1. The van der Waals surface area contributed by atoms with Crippen molar-refractivity contribution in [3.63, 3.8) is 0 Å². The molecule has 0 aliphatic carbocycles. The Hall–Kier alpha value is -3.81. The van der Waals surface area contributed by atoms with Crippen LogP contribution in [0.5, 0.6) is 0 Å². The minimum absolute atomic E-state index is 0.172. The van der Waals surface area contributed by atoms with Gasteiger partial charge in [0.1, 0.15) is 5.57 Å². The van der Waals surface area contributed by atoms with E-state index < -0.39 is 22.8 Å². The van der Waals surface area contributed by atoms with Crippen LogP contribution >= 0.6 is 0 Å². The number of nitrogens with one attached hydrogen (secondary N) is 1. The van der Waals surface area contributed by atoms with E-state index in [4.69, 9.17) is 0 Å². The van der Waals surface area contributed by atoms with Crippen molar-refractivity contribution in [3.8, 4) is 0 Å². The molecule has 1 fully saturated rings. The lowest BCUT2D eigenvalue weighted by molar-refractivity contribution is -0.384. The molecule has 1 N–H and O–H groups in total. The molecule has 0 radical (unpaired) electrons. The third kappa shape index (κ3) is 3.20. The Morgan fingerprint density at radius 2 is 1.81 bits per heavy atom. The van der Waals surface area contributed by atoms with Gasteiger partial charge in [0.05, 0.1) is 10.6 Å². The summed E-state index contributed by atoms with van der Waals surface area (Å²) in [6.45, 7) is 1.81. The summed E-state index contributed by atoms with van der Waals surface area (Å²) in [6.07, 6.45) is 1.22. The van der Waals surface area contributed by atoms with E-state index in [1.165, 1.54) is 30.3 Å². The van der Waals surface area contributed by atoms with Gasteiger partial charge in [-0.05, 0) is 36.3 Å². The number of imide groups is 2. The van der Waals surface area contributed by atoms with Crippen LogP contribution in [-0.2, 0) is 9.59 Å². The van der Waals surface area contributed by atoms with E-state index in [0.717, 1.165) is 10.5 Å². The maximum absolute atomic E-state index is 12.7. The summed E-state index contributed by atoms with van der Waals surface area (Å²) < 4.78 is 0. The highest BCUT2D eigenvalue weighted by molar-refractivity contribution is 6.39. The summed E-state index contributed by atoms with van der Waals surface area (Å²) in [5.74, 6) is -1.65. The fraction of sp³-hybridized carbons (Fsp3) is 0.0556. The Morgan fingerprint density at radius 3 is 2.50 bits per heavy atom. The quantitative estimate of drug-likeness (QED) is 0.395. The Labute approximate surface area is 147 Å². The monoisotopic (exact) mass is 351 g/mol. The molecular weight excluding hydrogens is 338 g/mol. The second kappa shape index (κ2) is 6.60. The molecule has 1 aliphatic heterocycles. The number of nitro benzene ring substituents is 1. The second-order valence-electron chi connectivity index (χ2n) is 5.65. The van der Waals surface area contributed by atoms with Crippen LogP contribution in [0.15, 0.2) is 54.1 Å². The third-order valence-electron chi connectivity index (χ3n) is 3.75. The SMILES string of the molecule is Cc1cccc(N2C(=O)NC(=O)/C(=C\c3cccc([N+](=O)[O-])c3)C2=O)c1. The van der Waals surface area contributed by atoms with Crippen molar-refractivity contribution in [2.45, 2.75) is 6.92 Å². The van der Waals surface area contributed by atoms with Gasteiger partial charge in [0.15, 0.2) is 0 Å². The number of aryl methyl sites for hydroxylation is 1. The number of nitrogens with zero attached hydrogens (tertiary/aromatic N) is 2. The zero-order chi connectivity index (χ0) is 18.8. The molecule has 2 aromatic rings. The molecule has 8 nitrogen and oxygen atoms in total. The number of amides is 4. The lowest BCUT2D eigenvalue weighted by atomic mass is 10.1. The smallest absolute Gasteiger partial charge is 0.273 e. The standard InChI is InChI=1S/C18H13N3O5/c1-11-4-2-6-13(8-11)20-17(23)15(16(22)19-18(20)24)10-12-5-3-7-14(9-12)21(25)26/h2-10H,1H3,(H,19,22,24)/b15-10+. The molecule has 1 heterocycles. The summed E-state index contributed by atoms with van der Waals surface area (Å²) in [6, 6.07) is 11.4. The van der Waals surface area contributed by atoms with Crippen molar-refractivity contribution < 1.29 is 19.3 Å². The molecular formula is C18H13N3O5. The molecule has 8 heteroatoms. The molecule has 0 unspecified atom stereocenters. The number of barbiturate groups is 1. The fourth-order valence-electron chi connectivity index (χ4n) is 2.55. The van der Waals surface area contributed by atoms with E-state index in [-0.39, 0.29) is 11.3 Å². The van der Waals surface area contributed by atoms with Gasteiger partial charge >= 0.3 is 6.03 Å². The zero-order valence-electron chi connectivity index (χ0n) is 13.6. The van der Waals surface area contributed by atoms with Gasteiger partial charge in [0.2, 0.25) is 0 Å². The molecule has 0 atom stereocenters. The number of urea groups is 1. The first-order chi connectivity index (χ1) is 12.4. The van der Waals surface area contributed by atoms with Gasteiger partial charge in [-0.1, -0.05) is 24.3 Å². The van der Waals surface area contributed by atoms with Gasteiger partial charge in [-0.3, -0.25) is 25.0 Å². The van der Waals surface area contributed by atoms with Crippen LogP contribution in [-0.4, -0.2) is 22.8 Å². The average molecular weight is 351 g/mol. The number of carbonyl (C=O) groups excluding carboxylic acids is 3. The van der Waals surface area contributed by atoms with Crippen molar-refractivity contribution >= 4 is 35.3 Å². The van der Waals surface area contributed by atoms with Crippen LogP contribution in [0.25, 0.3) is 6.08 Å². The predicted molar refractivity (Wildman–Crippen MR) is 93.3 cm³/mol. The van der Waals surface area contributed by atoms with E-state index >= 15 is 0 Å². The molecule has 0 aromatic heterocycles. The third-order valence-corrected chi connectivity index (χ3v) is 3.75. The van der Waals surface area contributed by atoms with E-state index in [9.17, 15) is 24.5 Å². The summed E-state index contributed by atoms with van der Waals surface area (Å²) in [5, 5.41) is 13.0. The lowest BCUT2D eigenvalue weighted by Crippen LogP contribution is -2.54. The minimum atomic E-state index is -0.851. The summed E-state index contributed by atoms with van der Waals surface area (Å²) in [5.41, 5.74) is 1.01. The van der Waals surface area contributed by atoms with Gasteiger partial charge in [-0.2, -0.15) is 0 Å². The molecule has 130 valence electrons. The van der Waals surface area contributed by atoms with Crippen molar-refractivity contribution in [3.05, 3.63) is 75.3 Å². The molecule has 0 spiro atoms. The molecule has 2 aromatic carbocycles. The van der Waals surface area contributed by atoms with E-state index in [1.807, 2.05) is 0 Å². The Bertz CT molecular complexity index is 980. The van der Waals surface area contributed by atoms with Crippen LogP contribution in [0.4, 0.5) is 16.2 Å². The van der Waals surface area contributed by atoms with Crippen molar-refractivity contribution in [2.24, 2.45) is 0 Å². The summed E-state index contributed by atoms with van der Waals surface area (Å²) >= 11 is 0. The molecule has 0 bridgehead atoms. The Morgan fingerprint density at radius 1 is 1.08 bits per heavy atom. The van der Waals surface area contributed by atoms with Crippen LogP contribution in [0, 0.1) is 17.0 Å². The van der Waals surface area contributed by atoms with Crippen LogP contribution in [0.3, 0.4) is 0 Å². The number of benzene rings is 2. The number of anilines is 1. The van der Waals surface area contributed by atoms with Crippen molar-refractivity contribution in [2.75, 3.05) is 4.90 Å². The summed E-state index contributed by atoms with van der Waals surface area (Å²) in [4.78, 5) is 48.1. The average Bonchev–Trinajstić information content (AvgIpc) is 2.59. The van der Waals surface area contributed by atoms with Crippen molar-refractivity contribution in [1.82, 2.24) is 5.32 Å². The first-order valence-electron chi connectivity index (χ1n) is 7.59. The zero-order valence-corrected chi connectivity index (χ0v) is 13.6. The van der Waals surface area contributed by atoms with Gasteiger partial charge in [0, 0.05) is 12.1 Å². The highest BCUT2D eigenvalue weighted by atomic mass is 16.6. The maximum Gasteiger partial charge on any atom is 0.335 e. The maximum atomic E-state index is 12.7. The van der Waals surface area contributed by atoms with Crippen LogP contribution in [0.2, 0.25) is 0 Å². The molecule has 1 aliphatic rings. The molecule has 3 rings (SSSR count). The van der Waals surface area contributed by atoms with Gasteiger partial charge in [-0.15, -0.1) is 0 Å². The van der Waals surface area contributed by atoms with Crippen molar-refractivity contribution in [1.29, 1.82) is 0 Å². The van der Waals surface area contributed by atoms with Gasteiger partial charge < -0.3 is 0 Å². The van der Waals surface area contributed by atoms with Gasteiger partial charge in [-0.25, -0.2) is 9.69 Å². The topological polar surface area (TPSA) is 110 Å². The van der Waals surface area contributed by atoms with E-state index in [1.54, 1.807) is 31.2 Å². The highest BCUT2D eigenvalue weighted by Gasteiger charge is 2.36. The number of non-ortho nitro benzene ring substituents is 1. The first kappa shape index (κ1) is 17.0. The minimum Gasteiger partial charge on any atom is -0.273 e. The van der Waals surface area contributed by atoms with E-state index in [0.29, 0.717) is 11.3 Å². The van der Waals surface area contributed by atoms with Gasteiger partial charge in [0.25, 0.3) is 17.5 Å². The number of hydrogen-bond acceptors (Lipinski definition) is 5. The lowest BCUT2D eigenvalue weighted by Gasteiger charge is -2.26. The molecule has 4 amide bonds. The Kier molecular flexibility index (Phi) is 4.32. The fourth-order valence-corrected chi connectivity index (χ4v) is 2.55. The van der Waals surface area contributed by atoms with Crippen LogP contribution in [0.1, 0.15) is 11.1 Å². The predicted octanol–water partition coefficient (Wildman–Crippen LogP) is 2.57. The highest BCUT2D eigenvalue weighted by Crippen LogP contribution is 2.23. The second-order valence-corrected chi connectivity index (χ2v) is 5.65. The number of carbonyl (C=O) groups is 3. The summed E-state index contributed by atoms with van der Waals surface area (Å²) in [7, 11) is 0. The molecule has 26 heavy (non-hydrogen) atoms. The Balaban J connectivity index is 2.03. The molecule has 0 saturated carbocycles. The first-order valence-corrected chi connectivity index (χ1v) is 7.59. The molecule has 1 saturated heterocycles. The normalized spacial score (nSPS) is 16.0. The largest absolute Gasteiger partial charge is 0.335 e. The van der Waals surface area contributed by atoms with Crippen LogP contribution < -0.4 is 10.2 Å².